The average Bonchev–Trinajstić information content (AvgIpc) is 2.75. The number of aromatic nitrogens is 2. The van der Waals surface area contributed by atoms with E-state index in [1.807, 2.05) is 13.8 Å². The van der Waals surface area contributed by atoms with Crippen LogP contribution < -0.4 is 0 Å². The largest absolute Gasteiger partial charge is 0.267 e. The average molecular weight is 331 g/mol. The summed E-state index contributed by atoms with van der Waals surface area (Å²) >= 11 is 6.20. The van der Waals surface area contributed by atoms with Crippen LogP contribution in [0.3, 0.4) is 0 Å². The van der Waals surface area contributed by atoms with Crippen LogP contribution in [0.25, 0.3) is 0 Å². The molecule has 4 nitrogen and oxygen atoms in total. The van der Waals surface area contributed by atoms with Crippen molar-refractivity contribution in [3.05, 3.63) is 46.5 Å². The lowest BCUT2D eigenvalue weighted by atomic mass is 10.3. The number of rotatable bonds is 5. The normalized spacial score (nSPS) is 11.8. The zero-order valence-corrected chi connectivity index (χ0v) is 13.4. The van der Waals surface area contributed by atoms with Gasteiger partial charge in [-0.25, -0.2) is 12.8 Å². The maximum absolute atomic E-state index is 13.7. The molecule has 2 rings (SSSR count). The second-order valence-corrected chi connectivity index (χ2v) is 6.90. The van der Waals surface area contributed by atoms with E-state index in [1.54, 1.807) is 4.68 Å². The minimum absolute atomic E-state index is 0.317. The molecule has 1 aromatic heterocycles. The fourth-order valence-corrected chi connectivity index (χ4v) is 3.98. The first-order chi connectivity index (χ1) is 9.90. The standard InChI is InChI=1S/C14H16ClFN2O2S/c1-3-11-14(15)12(18(4-2)17-11)9-21(19,20)13-8-6-5-7-10(13)16/h5-8H,3-4,9H2,1-2H3. The molecule has 0 unspecified atom stereocenters. The number of hydrogen-bond acceptors (Lipinski definition) is 3. The molecule has 0 aliphatic rings. The molecule has 114 valence electrons. The number of nitrogens with zero attached hydrogens (tertiary/aromatic N) is 2. The molecule has 2 aromatic rings. The van der Waals surface area contributed by atoms with Crippen LogP contribution in [0.15, 0.2) is 29.2 Å². The summed E-state index contributed by atoms with van der Waals surface area (Å²) in [6.45, 7) is 4.24. The van der Waals surface area contributed by atoms with E-state index in [0.717, 1.165) is 6.07 Å². The molecule has 21 heavy (non-hydrogen) atoms. The highest BCUT2D eigenvalue weighted by Gasteiger charge is 2.24. The van der Waals surface area contributed by atoms with Crippen molar-refractivity contribution in [3.63, 3.8) is 0 Å². The van der Waals surface area contributed by atoms with Gasteiger partial charge in [0.1, 0.15) is 10.7 Å². The Bertz CT molecular complexity index is 756. The molecule has 1 heterocycles. The molecule has 0 atom stereocenters. The SMILES string of the molecule is CCc1nn(CC)c(CS(=O)(=O)c2ccccc2F)c1Cl. The molecule has 0 spiro atoms. The molecular weight excluding hydrogens is 315 g/mol. The van der Waals surface area contributed by atoms with Gasteiger partial charge in [0.05, 0.1) is 22.2 Å². The van der Waals surface area contributed by atoms with Crippen molar-refractivity contribution < 1.29 is 12.8 Å². The van der Waals surface area contributed by atoms with Gasteiger partial charge < -0.3 is 0 Å². The highest BCUT2D eigenvalue weighted by Crippen LogP contribution is 2.26. The Morgan fingerprint density at radius 1 is 1.29 bits per heavy atom. The molecule has 1 aromatic carbocycles. The molecule has 0 fully saturated rings. The van der Waals surface area contributed by atoms with Gasteiger partial charge in [0.25, 0.3) is 0 Å². The third-order valence-electron chi connectivity index (χ3n) is 3.19. The molecule has 7 heteroatoms. The predicted molar refractivity (Wildman–Crippen MR) is 79.6 cm³/mol. The summed E-state index contributed by atoms with van der Waals surface area (Å²) in [7, 11) is -3.81. The Morgan fingerprint density at radius 2 is 1.95 bits per heavy atom. The summed E-state index contributed by atoms with van der Waals surface area (Å²) in [4.78, 5) is -0.317. The van der Waals surface area contributed by atoms with Gasteiger partial charge in [0, 0.05) is 6.54 Å². The smallest absolute Gasteiger partial charge is 0.186 e. The minimum Gasteiger partial charge on any atom is -0.267 e. The van der Waals surface area contributed by atoms with Crippen LogP contribution in [0.1, 0.15) is 25.2 Å². The monoisotopic (exact) mass is 330 g/mol. The zero-order valence-electron chi connectivity index (χ0n) is 11.8. The Kier molecular flexibility index (Phi) is 4.68. The van der Waals surface area contributed by atoms with Crippen LogP contribution in [0.5, 0.6) is 0 Å². The van der Waals surface area contributed by atoms with Gasteiger partial charge in [0.15, 0.2) is 9.84 Å². The Hall–Kier alpha value is -1.40. The van der Waals surface area contributed by atoms with Gasteiger partial charge in [0.2, 0.25) is 0 Å². The molecule has 0 aliphatic carbocycles. The number of sulfone groups is 1. The van der Waals surface area contributed by atoms with Crippen LogP contribution in [-0.2, 0) is 28.6 Å². The van der Waals surface area contributed by atoms with Crippen LogP contribution in [0, 0.1) is 5.82 Å². The first-order valence-electron chi connectivity index (χ1n) is 6.62. The molecule has 0 amide bonds. The van der Waals surface area contributed by atoms with Crippen molar-refractivity contribution in [3.8, 4) is 0 Å². The van der Waals surface area contributed by atoms with Gasteiger partial charge in [-0.1, -0.05) is 30.7 Å². The summed E-state index contributed by atoms with van der Waals surface area (Å²) < 4.78 is 40.1. The second-order valence-electron chi connectivity index (χ2n) is 4.57. The zero-order chi connectivity index (χ0) is 15.6. The maximum atomic E-state index is 13.7. The van der Waals surface area contributed by atoms with Crippen molar-refractivity contribution in [1.29, 1.82) is 0 Å². The highest BCUT2D eigenvalue weighted by molar-refractivity contribution is 7.90. The molecule has 0 saturated carbocycles. The summed E-state index contributed by atoms with van der Waals surface area (Å²) in [5.74, 6) is -1.12. The molecule has 0 radical (unpaired) electrons. The van der Waals surface area contributed by atoms with Crippen LogP contribution >= 0.6 is 11.6 Å². The Morgan fingerprint density at radius 3 is 2.52 bits per heavy atom. The van der Waals surface area contributed by atoms with E-state index >= 15 is 0 Å². The van der Waals surface area contributed by atoms with E-state index in [1.165, 1.54) is 18.2 Å². The molecular formula is C14H16ClFN2O2S. The van der Waals surface area contributed by atoms with E-state index in [2.05, 4.69) is 5.10 Å². The third kappa shape index (κ3) is 3.11. The van der Waals surface area contributed by atoms with Gasteiger partial charge in [-0.15, -0.1) is 0 Å². The lowest BCUT2D eigenvalue weighted by molar-refractivity contribution is 0.562. The number of benzene rings is 1. The first kappa shape index (κ1) is 16.0. The summed E-state index contributed by atoms with van der Waals surface area (Å²) in [5, 5.41) is 4.62. The number of aryl methyl sites for hydroxylation is 2. The topological polar surface area (TPSA) is 52.0 Å². The van der Waals surface area contributed by atoms with Gasteiger partial charge in [-0.3, -0.25) is 4.68 Å². The third-order valence-corrected chi connectivity index (χ3v) is 5.28. The summed E-state index contributed by atoms with van der Waals surface area (Å²) in [6, 6.07) is 5.33. The van der Waals surface area contributed by atoms with E-state index in [4.69, 9.17) is 11.6 Å². The lowest BCUT2D eigenvalue weighted by Gasteiger charge is -2.08. The fraction of sp³-hybridized carbons (Fsp3) is 0.357. The van der Waals surface area contributed by atoms with E-state index in [-0.39, 0.29) is 10.6 Å². The summed E-state index contributed by atoms with van der Waals surface area (Å²) in [5.41, 5.74) is 1.05. The van der Waals surface area contributed by atoms with Crippen LogP contribution in [-0.4, -0.2) is 18.2 Å². The maximum Gasteiger partial charge on any atom is 0.186 e. The Balaban J connectivity index is 2.47. The van der Waals surface area contributed by atoms with Crippen molar-refractivity contribution in [2.75, 3.05) is 0 Å². The van der Waals surface area contributed by atoms with Gasteiger partial charge >= 0.3 is 0 Å². The number of halogens is 2. The van der Waals surface area contributed by atoms with Crippen molar-refractivity contribution in [2.45, 2.75) is 37.5 Å². The second kappa shape index (κ2) is 6.15. The van der Waals surface area contributed by atoms with Crippen molar-refractivity contribution >= 4 is 21.4 Å². The van der Waals surface area contributed by atoms with Gasteiger partial charge in [-0.2, -0.15) is 5.10 Å². The quantitative estimate of drug-likeness (QED) is 0.845. The molecule has 0 bridgehead atoms. The van der Waals surface area contributed by atoms with Crippen molar-refractivity contribution in [2.24, 2.45) is 0 Å². The van der Waals surface area contributed by atoms with E-state index in [9.17, 15) is 12.8 Å². The van der Waals surface area contributed by atoms with Crippen molar-refractivity contribution in [1.82, 2.24) is 9.78 Å². The fourth-order valence-electron chi connectivity index (χ4n) is 2.11. The molecule has 0 aliphatic heterocycles. The van der Waals surface area contributed by atoms with Crippen LogP contribution in [0.4, 0.5) is 4.39 Å². The first-order valence-corrected chi connectivity index (χ1v) is 8.65. The van der Waals surface area contributed by atoms with Crippen LogP contribution in [0.2, 0.25) is 5.02 Å². The predicted octanol–water partition coefficient (Wildman–Crippen LogP) is 3.23. The van der Waals surface area contributed by atoms with E-state index in [0.29, 0.717) is 29.4 Å². The van der Waals surface area contributed by atoms with E-state index < -0.39 is 15.7 Å². The van der Waals surface area contributed by atoms with Gasteiger partial charge in [-0.05, 0) is 25.5 Å². The Labute approximate surface area is 128 Å². The highest BCUT2D eigenvalue weighted by atomic mass is 35.5. The lowest BCUT2D eigenvalue weighted by Crippen LogP contribution is -2.12. The minimum atomic E-state index is -3.81. The molecule has 0 N–H and O–H groups in total. The number of hydrogen-bond donors (Lipinski definition) is 0. The molecule has 0 saturated heterocycles. The summed E-state index contributed by atoms with van der Waals surface area (Å²) in [6.07, 6.45) is 0.610.